The van der Waals surface area contributed by atoms with Gasteiger partial charge in [0, 0.05) is 43.2 Å². The molecular weight excluding hydrogens is 1260 g/mol. The molecule has 101 heavy (non-hydrogen) atoms. The maximum absolute atomic E-state index is 10.5. The van der Waals surface area contributed by atoms with E-state index in [9.17, 15) is 9.59 Å². The number of carbonyl (C=O) groups is 2. The lowest BCUT2D eigenvalue weighted by Gasteiger charge is -2.21. The molecule has 1 unspecified atom stereocenters. The minimum absolute atomic E-state index is 0. The first-order valence-corrected chi connectivity index (χ1v) is 40.5. The molecule has 2 aliphatic heterocycles. The van der Waals surface area contributed by atoms with Gasteiger partial charge < -0.3 is 20.0 Å². The average molecular weight is 1420 g/mol. The summed E-state index contributed by atoms with van der Waals surface area (Å²) in [5.41, 5.74) is 13.4. The van der Waals surface area contributed by atoms with E-state index >= 15 is 0 Å². The molecule has 0 spiro atoms. The number of nitrogen functional groups attached to an aromatic ring is 1. The largest absolute Gasteiger partial charge is 0.399 e. The molecule has 3 fully saturated rings. The van der Waals surface area contributed by atoms with Crippen LogP contribution in [0.3, 0.4) is 0 Å². The fraction of sp³-hybridized carbons (Fsp3) is 0.677. The number of aryl methyl sites for hydroxylation is 1. The summed E-state index contributed by atoms with van der Waals surface area (Å²) in [6.45, 7) is 60.8. The number of hydrogen-bond donors (Lipinski definition) is 2. The quantitative estimate of drug-likeness (QED) is 0.0457. The van der Waals surface area contributed by atoms with Gasteiger partial charge in [0.05, 0.1) is 12.2 Å². The predicted molar refractivity (Wildman–Crippen MR) is 451 cm³/mol. The van der Waals surface area contributed by atoms with E-state index < -0.39 is 0 Å². The Hall–Kier alpha value is -4.60. The number of nitrogens with zero attached hydrogens (tertiary/aromatic N) is 1. The highest BCUT2D eigenvalue weighted by molar-refractivity contribution is 7.09. The van der Waals surface area contributed by atoms with Crippen molar-refractivity contribution in [1.82, 2.24) is 5.06 Å². The number of hydroxylamine groups is 2. The highest BCUT2D eigenvalue weighted by atomic mass is 32.1. The van der Waals surface area contributed by atoms with Gasteiger partial charge in [0.2, 0.25) is 5.91 Å². The summed E-state index contributed by atoms with van der Waals surface area (Å²) in [5, 5.41) is 11.2. The molecule has 7 nitrogen and oxygen atoms in total. The Bertz CT molecular complexity index is 2510. The van der Waals surface area contributed by atoms with Crippen LogP contribution < -0.4 is 5.73 Å². The van der Waals surface area contributed by atoms with Gasteiger partial charge in [-0.15, -0.1) is 11.3 Å². The maximum atomic E-state index is 10.5. The minimum Gasteiger partial charge on any atom is -0.399 e. The first kappa shape index (κ1) is 103. The standard InChI is InChI=1S/C11H16.C10H14.C9H13N.C9H18.C9H12.C9H20.2C8H16O.C8H12S.C6H12O.C5H11NO2.CH4/c1-9(2)7-11-6-4-5-10(3)8-11;1-9(2)8-10-6-4-3-5-7-10;1-7(2)8-3-5-9(10)6-4-8;1-8(2)7-9-5-3-4-6-9;1-8(2)9-6-4-3-5-7-9;1-6-8(4)9(5)7(2)3;3*1-7(2)6-8-4-3-5-9-8;1-5(2)4-6(3)7;1-4(2)5(7)6(3)8;/h4-6,8-9H,7H2,1-3H3;3-7,9H,8H2,1-2H3;3-7H,10H2,1-2H3;8-9H,3-7H2,1-2H3;3-8H,1-2H3;7-9H,6H2,1-5H3;2*7-8H,3-6H2,1-2H3;3-5,7H,6H2,1-2H3;5H,4H2,1-3H3;4,8H,1-3H3;1H4/t;;;;;8-,9?;2*8-;;;;/m.....010..../s1. The van der Waals surface area contributed by atoms with E-state index in [0.717, 1.165) is 84.5 Å². The van der Waals surface area contributed by atoms with Crippen LogP contribution in [-0.4, -0.2) is 54.4 Å². The lowest BCUT2D eigenvalue weighted by atomic mass is 9.85. The van der Waals surface area contributed by atoms with E-state index in [4.69, 9.17) is 20.4 Å². The van der Waals surface area contributed by atoms with Crippen molar-refractivity contribution in [3.63, 3.8) is 0 Å². The second kappa shape index (κ2) is 63.8. The van der Waals surface area contributed by atoms with Crippen LogP contribution in [0.25, 0.3) is 0 Å². The number of rotatable bonds is 20. The SMILES string of the molecule is C.CC(=O)CC(C)C.CC(C)C(=O)N(C)O.CC(C)CC1CCCC1.CC(C)C[C@@H]1CCCO1.CC(C)C[C@H]1CCCO1.CC(C)Cc1ccccc1.CC(C)Cc1cccs1.CC(C)c1ccc(N)cc1.CC(C)c1ccccc1.CC[C@H](C)C(C)C(C)C.Cc1cccc(CC(C)C)c1. The number of Topliss-reactive ketones (excluding diaryl/α,β-unsaturated/α-hetero) is 1. The minimum atomic E-state index is -0.259. The molecule has 582 valence electrons. The Morgan fingerprint density at radius 2 is 0.950 bits per heavy atom. The number of ketones is 1. The first-order valence-electron chi connectivity index (χ1n) is 39.6. The molecular formula is C93H164N2O5S. The summed E-state index contributed by atoms with van der Waals surface area (Å²) >= 11 is 1.85. The molecule has 1 aliphatic carbocycles. The van der Waals surface area contributed by atoms with Crippen molar-refractivity contribution in [2.75, 3.05) is 26.0 Å². The maximum Gasteiger partial charge on any atom is 0.248 e. The second-order valence-corrected chi connectivity index (χ2v) is 33.9. The van der Waals surface area contributed by atoms with Crippen molar-refractivity contribution in [2.45, 2.75) is 321 Å². The van der Waals surface area contributed by atoms with Gasteiger partial charge in [-0.25, -0.2) is 5.06 Å². The zero-order valence-corrected chi connectivity index (χ0v) is 70.9. The van der Waals surface area contributed by atoms with Crippen molar-refractivity contribution >= 4 is 28.7 Å². The lowest BCUT2D eigenvalue weighted by molar-refractivity contribution is -0.162. The summed E-state index contributed by atoms with van der Waals surface area (Å²) in [5.74, 6) is 10.2. The highest BCUT2D eigenvalue weighted by Gasteiger charge is 2.18. The van der Waals surface area contributed by atoms with Crippen LogP contribution in [0.1, 0.15) is 315 Å². The van der Waals surface area contributed by atoms with Gasteiger partial charge in [-0.3, -0.25) is 10.0 Å². The van der Waals surface area contributed by atoms with E-state index in [-0.39, 0.29) is 25.0 Å². The van der Waals surface area contributed by atoms with Crippen molar-refractivity contribution in [3.05, 3.63) is 159 Å². The van der Waals surface area contributed by atoms with Crippen LogP contribution in [0.5, 0.6) is 0 Å². The van der Waals surface area contributed by atoms with E-state index in [1.54, 1.807) is 20.8 Å². The Balaban J connectivity index is -0.000000513. The molecule has 4 atom stereocenters. The number of carbonyl (C=O) groups excluding carboxylic acids is 2. The van der Waals surface area contributed by atoms with Gasteiger partial charge in [-0.1, -0.05) is 321 Å². The fourth-order valence-electron chi connectivity index (χ4n) is 11.5. The monoisotopic (exact) mass is 1420 g/mol. The Labute approximate surface area is 631 Å². The Morgan fingerprint density at radius 1 is 0.515 bits per heavy atom. The van der Waals surface area contributed by atoms with Gasteiger partial charge in [-0.2, -0.15) is 0 Å². The Morgan fingerprint density at radius 3 is 1.25 bits per heavy atom. The van der Waals surface area contributed by atoms with Gasteiger partial charge in [0.25, 0.3) is 0 Å². The topological polar surface area (TPSA) is 102 Å². The summed E-state index contributed by atoms with van der Waals surface area (Å²) < 4.78 is 10.9. The molecule has 3 N–H and O–H groups in total. The third-order valence-electron chi connectivity index (χ3n) is 17.4. The van der Waals surface area contributed by atoms with E-state index in [1.807, 2.05) is 43.4 Å². The van der Waals surface area contributed by atoms with Crippen LogP contribution in [-0.2, 0) is 38.3 Å². The number of hydrogen-bond acceptors (Lipinski definition) is 7. The third-order valence-corrected chi connectivity index (χ3v) is 18.3. The van der Waals surface area contributed by atoms with Gasteiger partial charge >= 0.3 is 0 Å². The molecule has 2 saturated heterocycles. The van der Waals surface area contributed by atoms with Crippen molar-refractivity contribution in [1.29, 1.82) is 0 Å². The summed E-state index contributed by atoms with van der Waals surface area (Å²) in [4.78, 5) is 22.3. The van der Waals surface area contributed by atoms with E-state index in [0.29, 0.717) is 35.0 Å². The average Bonchev–Trinajstić information content (AvgIpc) is 1.94. The van der Waals surface area contributed by atoms with Crippen LogP contribution in [0.15, 0.2) is 127 Å². The van der Waals surface area contributed by atoms with Crippen molar-refractivity contribution < 1.29 is 24.3 Å². The molecule has 5 aromatic rings. The normalized spacial score (nSPS) is 14.9. The highest BCUT2D eigenvalue weighted by Crippen LogP contribution is 2.30. The van der Waals surface area contributed by atoms with Crippen LogP contribution in [0.2, 0.25) is 0 Å². The Kier molecular flexibility index (Phi) is 65.0. The van der Waals surface area contributed by atoms with E-state index in [1.165, 1.54) is 136 Å². The lowest BCUT2D eigenvalue weighted by Crippen LogP contribution is -2.26. The molecule has 1 saturated carbocycles. The zero-order valence-electron chi connectivity index (χ0n) is 70.1. The molecule has 1 aromatic heterocycles. The van der Waals surface area contributed by atoms with Crippen molar-refractivity contribution in [2.24, 2.45) is 71.0 Å². The number of benzene rings is 4. The molecule has 8 rings (SSSR count). The van der Waals surface area contributed by atoms with Crippen LogP contribution in [0.4, 0.5) is 5.69 Å². The number of ether oxygens (including phenoxy) is 2. The molecule has 3 aliphatic rings. The molecule has 3 heterocycles. The summed E-state index contributed by atoms with van der Waals surface area (Å²) in [7, 11) is 1.32. The van der Waals surface area contributed by atoms with Crippen molar-refractivity contribution in [3.8, 4) is 0 Å². The fourth-order valence-corrected chi connectivity index (χ4v) is 12.5. The number of nitrogens with two attached hydrogens (primary N) is 1. The predicted octanol–water partition coefficient (Wildman–Crippen LogP) is 27.9. The van der Waals surface area contributed by atoms with Crippen LogP contribution >= 0.6 is 11.3 Å². The van der Waals surface area contributed by atoms with Gasteiger partial charge in [-0.05, 0) is 201 Å². The van der Waals surface area contributed by atoms with E-state index in [2.05, 4.69) is 261 Å². The molecule has 0 bridgehead atoms. The molecule has 1 amide bonds. The molecule has 4 aromatic carbocycles. The molecule has 0 radical (unpaired) electrons. The number of anilines is 1. The zero-order chi connectivity index (χ0) is 76.7. The summed E-state index contributed by atoms with van der Waals surface area (Å²) in [6, 6.07) is 42.2. The number of amides is 1. The smallest absolute Gasteiger partial charge is 0.248 e. The van der Waals surface area contributed by atoms with Gasteiger partial charge in [0.15, 0.2) is 0 Å². The number of thiophene rings is 1. The second-order valence-electron chi connectivity index (χ2n) is 32.8. The van der Waals surface area contributed by atoms with Gasteiger partial charge in [0.1, 0.15) is 5.78 Å². The first-order chi connectivity index (χ1) is 46.9. The van der Waals surface area contributed by atoms with Crippen LogP contribution in [0, 0.1) is 77.9 Å². The summed E-state index contributed by atoms with van der Waals surface area (Å²) in [6.07, 6.45) is 22.0. The third kappa shape index (κ3) is 64.7. The molecule has 8 heteroatoms.